The lowest BCUT2D eigenvalue weighted by Gasteiger charge is -2.41. The zero-order valence-electron chi connectivity index (χ0n) is 17.6. The second-order valence-electron chi connectivity index (χ2n) is 8.14. The van der Waals surface area contributed by atoms with Crippen LogP contribution in [-0.4, -0.2) is 61.2 Å². The van der Waals surface area contributed by atoms with Crippen LogP contribution < -0.4 is 0 Å². The van der Waals surface area contributed by atoms with E-state index in [-0.39, 0.29) is 54.5 Å². The number of carboxylic acid groups (broad SMARTS) is 1. The topological polar surface area (TPSA) is 113 Å². The summed E-state index contributed by atoms with van der Waals surface area (Å²) in [7, 11) is 0. The van der Waals surface area contributed by atoms with Crippen LogP contribution in [0.4, 0.5) is 18.0 Å². The molecule has 3 aromatic rings. The van der Waals surface area contributed by atoms with Crippen molar-refractivity contribution in [1.29, 1.82) is 0 Å². The van der Waals surface area contributed by atoms with E-state index in [1.54, 1.807) is 17.0 Å². The Labute approximate surface area is 190 Å². The van der Waals surface area contributed by atoms with Gasteiger partial charge < -0.3 is 19.3 Å². The van der Waals surface area contributed by atoms with Crippen LogP contribution in [0.1, 0.15) is 46.3 Å². The molecule has 1 aromatic carbocycles. The molecule has 5 rings (SSSR count). The van der Waals surface area contributed by atoms with Gasteiger partial charge in [-0.25, -0.2) is 9.18 Å². The Bertz CT molecular complexity index is 1250. The minimum absolute atomic E-state index is 0.156. The second kappa shape index (κ2) is 8.43. The number of alkyl halides is 2. The van der Waals surface area contributed by atoms with E-state index in [0.717, 1.165) is 5.56 Å². The third-order valence-corrected chi connectivity index (χ3v) is 6.20. The van der Waals surface area contributed by atoms with Crippen LogP contribution in [0, 0.1) is 5.82 Å². The van der Waals surface area contributed by atoms with Gasteiger partial charge >= 0.3 is 12.5 Å². The van der Waals surface area contributed by atoms with Crippen LogP contribution in [-0.2, 0) is 6.54 Å². The Morgan fingerprint density at radius 3 is 2.65 bits per heavy atom. The lowest BCUT2D eigenvalue weighted by molar-refractivity contribution is 0.0538. The Balaban J connectivity index is 1.44. The van der Waals surface area contributed by atoms with Gasteiger partial charge in [0.1, 0.15) is 5.82 Å². The molecule has 0 bridgehead atoms. The normalized spacial score (nSPS) is 20.2. The zero-order valence-corrected chi connectivity index (χ0v) is 17.6. The van der Waals surface area contributed by atoms with Crippen molar-refractivity contribution in [3.63, 3.8) is 0 Å². The van der Waals surface area contributed by atoms with Crippen molar-refractivity contribution in [2.24, 2.45) is 0 Å². The molecule has 2 aliphatic heterocycles. The number of aromatic nitrogens is 3. The molecule has 1 fully saturated rings. The van der Waals surface area contributed by atoms with Gasteiger partial charge in [-0.2, -0.15) is 8.78 Å². The highest BCUT2D eigenvalue weighted by molar-refractivity contribution is 5.99. The highest BCUT2D eigenvalue weighted by atomic mass is 19.3. The molecular weight excluding hydrogens is 455 g/mol. The molecule has 2 aliphatic rings. The van der Waals surface area contributed by atoms with E-state index in [4.69, 9.17) is 4.42 Å². The number of likely N-dealkylation sites (tertiary alicyclic amines) is 1. The molecule has 1 saturated heterocycles. The SMILES string of the molecule is O=C(O)N1CCC(N2Cc3ncc(-c4nnc(C(F)F)o4)cc3C2=O)C(c2ccc(F)cc2)C1. The van der Waals surface area contributed by atoms with Crippen LogP contribution >= 0.6 is 0 Å². The number of nitrogens with zero attached hydrogens (tertiary/aromatic N) is 5. The monoisotopic (exact) mass is 473 g/mol. The third-order valence-electron chi connectivity index (χ3n) is 6.20. The van der Waals surface area contributed by atoms with E-state index in [2.05, 4.69) is 15.2 Å². The molecule has 2 aromatic heterocycles. The van der Waals surface area contributed by atoms with Crippen molar-refractivity contribution in [3.8, 4) is 11.5 Å². The first kappa shape index (κ1) is 21.9. The van der Waals surface area contributed by atoms with E-state index in [1.807, 2.05) is 0 Å². The van der Waals surface area contributed by atoms with Crippen LogP contribution in [0.2, 0.25) is 0 Å². The van der Waals surface area contributed by atoms with E-state index >= 15 is 0 Å². The number of benzene rings is 1. The van der Waals surface area contributed by atoms with Crippen molar-refractivity contribution in [2.45, 2.75) is 31.4 Å². The maximum absolute atomic E-state index is 13.5. The minimum atomic E-state index is -2.92. The largest absolute Gasteiger partial charge is 0.465 e. The van der Waals surface area contributed by atoms with Gasteiger partial charge in [-0.3, -0.25) is 9.78 Å². The Morgan fingerprint density at radius 1 is 1.21 bits per heavy atom. The number of halogens is 3. The van der Waals surface area contributed by atoms with Crippen LogP contribution in [0.25, 0.3) is 11.5 Å². The average molecular weight is 473 g/mol. The van der Waals surface area contributed by atoms with Gasteiger partial charge in [0.15, 0.2) is 0 Å². The molecule has 2 amide bonds. The summed E-state index contributed by atoms with van der Waals surface area (Å²) >= 11 is 0. The predicted molar refractivity (Wildman–Crippen MR) is 110 cm³/mol. The van der Waals surface area contributed by atoms with Crippen LogP contribution in [0.5, 0.6) is 0 Å². The Hall–Kier alpha value is -3.96. The van der Waals surface area contributed by atoms with Crippen molar-refractivity contribution < 1.29 is 32.3 Å². The highest BCUT2D eigenvalue weighted by Gasteiger charge is 2.42. The second-order valence-corrected chi connectivity index (χ2v) is 8.14. The lowest BCUT2D eigenvalue weighted by Crippen LogP contribution is -2.51. The maximum Gasteiger partial charge on any atom is 0.407 e. The molecule has 12 heteroatoms. The van der Waals surface area contributed by atoms with E-state index in [1.165, 1.54) is 29.3 Å². The number of hydrogen-bond acceptors (Lipinski definition) is 6. The summed E-state index contributed by atoms with van der Waals surface area (Å²) in [6, 6.07) is 6.93. The van der Waals surface area contributed by atoms with Gasteiger partial charge in [0, 0.05) is 31.2 Å². The van der Waals surface area contributed by atoms with Crippen molar-refractivity contribution in [3.05, 3.63) is 65.1 Å². The third kappa shape index (κ3) is 3.84. The van der Waals surface area contributed by atoms with Gasteiger partial charge in [-0.15, -0.1) is 10.2 Å². The molecule has 9 nitrogen and oxygen atoms in total. The summed E-state index contributed by atoms with van der Waals surface area (Å²) in [5.41, 5.74) is 1.75. The number of carbonyl (C=O) groups excluding carboxylic acids is 1. The number of rotatable bonds is 4. The average Bonchev–Trinajstić information content (AvgIpc) is 3.44. The maximum atomic E-state index is 13.5. The molecular formula is C22H18F3N5O4. The van der Waals surface area contributed by atoms with Crippen LogP contribution in [0.3, 0.4) is 0 Å². The van der Waals surface area contributed by atoms with Gasteiger partial charge in [-0.05, 0) is 30.2 Å². The molecule has 2 atom stereocenters. The number of amides is 2. The molecule has 0 aliphatic carbocycles. The fraction of sp³-hybridized carbons (Fsp3) is 0.318. The van der Waals surface area contributed by atoms with Gasteiger partial charge in [0.2, 0.25) is 5.89 Å². The zero-order chi connectivity index (χ0) is 24.0. The summed E-state index contributed by atoms with van der Waals surface area (Å²) in [5.74, 6) is -2.10. The number of carbonyl (C=O) groups is 2. The van der Waals surface area contributed by atoms with Gasteiger partial charge in [0.25, 0.3) is 11.8 Å². The molecule has 34 heavy (non-hydrogen) atoms. The molecule has 1 N–H and O–H groups in total. The van der Waals surface area contributed by atoms with Gasteiger partial charge in [0.05, 0.1) is 23.4 Å². The highest BCUT2D eigenvalue weighted by Crippen LogP contribution is 2.36. The standard InChI is InChI=1S/C22H18F3N5O4/c23-13-3-1-11(2-4-13)15-9-29(22(32)33)6-5-17(15)30-10-16-14(21(30)31)7-12(8-26-16)19-27-28-20(34-19)18(24)25/h1-4,7-8,15,17-18H,5-6,9-10H2,(H,32,33). The summed E-state index contributed by atoms with van der Waals surface area (Å²) in [5, 5.41) is 16.4. The summed E-state index contributed by atoms with van der Waals surface area (Å²) < 4.78 is 44.0. The Morgan fingerprint density at radius 2 is 1.97 bits per heavy atom. The first-order valence-electron chi connectivity index (χ1n) is 10.5. The number of pyridine rings is 1. The fourth-order valence-corrected chi connectivity index (χ4v) is 4.54. The molecule has 0 spiro atoms. The first-order valence-corrected chi connectivity index (χ1v) is 10.5. The minimum Gasteiger partial charge on any atom is -0.465 e. The molecule has 2 unspecified atom stereocenters. The molecule has 0 saturated carbocycles. The molecule has 0 radical (unpaired) electrons. The smallest absolute Gasteiger partial charge is 0.407 e. The number of fused-ring (bicyclic) bond motifs is 1. The summed E-state index contributed by atoms with van der Waals surface area (Å²) in [6.07, 6.45) is -2.21. The first-order chi connectivity index (χ1) is 16.3. The van der Waals surface area contributed by atoms with Gasteiger partial charge in [-0.1, -0.05) is 12.1 Å². The summed E-state index contributed by atoms with van der Waals surface area (Å²) in [4.78, 5) is 32.1. The quantitative estimate of drug-likeness (QED) is 0.615. The van der Waals surface area contributed by atoms with Crippen molar-refractivity contribution in [1.82, 2.24) is 25.0 Å². The Kier molecular flexibility index (Phi) is 5.42. The summed E-state index contributed by atoms with van der Waals surface area (Å²) in [6.45, 7) is 0.605. The van der Waals surface area contributed by atoms with E-state index in [0.29, 0.717) is 12.1 Å². The van der Waals surface area contributed by atoms with E-state index in [9.17, 15) is 27.9 Å². The number of hydrogen-bond donors (Lipinski definition) is 1. The van der Waals surface area contributed by atoms with Crippen molar-refractivity contribution >= 4 is 12.0 Å². The molecule has 4 heterocycles. The van der Waals surface area contributed by atoms with Crippen LogP contribution in [0.15, 0.2) is 40.9 Å². The lowest BCUT2D eigenvalue weighted by atomic mass is 9.85. The number of piperidine rings is 1. The van der Waals surface area contributed by atoms with E-state index < -0.39 is 24.2 Å². The predicted octanol–water partition coefficient (Wildman–Crippen LogP) is 3.70. The molecule has 176 valence electrons. The van der Waals surface area contributed by atoms with Crippen molar-refractivity contribution in [2.75, 3.05) is 13.1 Å². The fourth-order valence-electron chi connectivity index (χ4n) is 4.54.